The minimum atomic E-state index is -0.330. The van der Waals surface area contributed by atoms with E-state index in [0.29, 0.717) is 5.75 Å². The molecule has 1 aromatic heterocycles. The molecule has 0 aliphatic rings. The number of carbonyl (C=O) groups is 1. The summed E-state index contributed by atoms with van der Waals surface area (Å²) in [6, 6.07) is 7.33. The molecule has 1 N–H and O–H groups in total. The molecule has 1 heterocycles. The molecule has 0 bridgehead atoms. The van der Waals surface area contributed by atoms with E-state index < -0.39 is 0 Å². The maximum absolute atomic E-state index is 10.9. The predicted octanol–water partition coefficient (Wildman–Crippen LogP) is 2.51. The fourth-order valence-corrected chi connectivity index (χ4v) is 1.40. The van der Waals surface area contributed by atoms with E-state index in [-0.39, 0.29) is 5.97 Å². The van der Waals surface area contributed by atoms with Gasteiger partial charge in [-0.3, -0.25) is 4.79 Å². The van der Waals surface area contributed by atoms with Crippen LogP contribution in [0.5, 0.6) is 5.75 Å². The van der Waals surface area contributed by atoms with E-state index >= 15 is 0 Å². The van der Waals surface area contributed by atoms with Gasteiger partial charge in [0.2, 0.25) is 0 Å². The Morgan fingerprint density at radius 3 is 2.88 bits per heavy atom. The van der Waals surface area contributed by atoms with Gasteiger partial charge in [-0.25, -0.2) is 4.98 Å². The summed E-state index contributed by atoms with van der Waals surface area (Å²) >= 11 is 0. The summed E-state index contributed by atoms with van der Waals surface area (Å²) in [5, 5.41) is 0. The van der Waals surface area contributed by atoms with E-state index in [9.17, 15) is 4.79 Å². The second-order valence-corrected chi connectivity index (χ2v) is 3.44. The van der Waals surface area contributed by atoms with Crippen LogP contribution in [0.2, 0.25) is 0 Å². The van der Waals surface area contributed by atoms with Crippen LogP contribution in [0.1, 0.15) is 18.3 Å². The number of benzene rings is 1. The molecule has 0 fully saturated rings. The van der Waals surface area contributed by atoms with Gasteiger partial charge < -0.3 is 9.72 Å². The Balaban J connectivity index is 2.23. The third-order valence-electron chi connectivity index (χ3n) is 2.11. The monoisotopic (exact) mass is 228 g/mol. The number of hydrogen-bond acceptors (Lipinski definition) is 3. The fraction of sp³-hybridized carbons (Fsp3) is 0.0769. The number of ether oxygens (including phenoxy) is 1. The van der Waals surface area contributed by atoms with Gasteiger partial charge in [0.1, 0.15) is 11.6 Å². The number of nitrogens with zero attached hydrogens (tertiary/aromatic N) is 1. The van der Waals surface area contributed by atoms with Crippen molar-refractivity contribution in [1.82, 2.24) is 9.97 Å². The molecule has 0 saturated carbocycles. The van der Waals surface area contributed by atoms with Crippen molar-refractivity contribution in [1.29, 1.82) is 0 Å². The molecule has 2 rings (SSSR count). The first kappa shape index (κ1) is 11.1. The van der Waals surface area contributed by atoms with Crippen LogP contribution in [-0.4, -0.2) is 15.9 Å². The van der Waals surface area contributed by atoms with Gasteiger partial charge in [-0.05, 0) is 18.2 Å². The van der Waals surface area contributed by atoms with E-state index in [1.54, 1.807) is 18.5 Å². The van der Waals surface area contributed by atoms with Crippen molar-refractivity contribution in [2.45, 2.75) is 6.92 Å². The largest absolute Gasteiger partial charge is 0.426 e. The SMILES string of the molecule is CC(=O)Oc1ccccc1C=Cc1ncc[nH]1. The second-order valence-electron chi connectivity index (χ2n) is 3.44. The Morgan fingerprint density at radius 2 is 2.18 bits per heavy atom. The number of carbonyl (C=O) groups excluding carboxylic acids is 1. The summed E-state index contributed by atoms with van der Waals surface area (Å²) in [6.45, 7) is 1.38. The standard InChI is InChI=1S/C13H12N2O2/c1-10(16)17-12-5-3-2-4-11(12)6-7-13-14-8-9-15-13/h2-9H,1H3,(H,14,15). The number of esters is 1. The zero-order chi connectivity index (χ0) is 12.1. The summed E-state index contributed by atoms with van der Waals surface area (Å²) in [6.07, 6.45) is 7.09. The Hall–Kier alpha value is -2.36. The number of nitrogens with one attached hydrogen (secondary N) is 1. The van der Waals surface area contributed by atoms with Gasteiger partial charge in [0.25, 0.3) is 0 Å². The molecule has 0 aliphatic heterocycles. The van der Waals surface area contributed by atoms with Crippen LogP contribution in [0.4, 0.5) is 0 Å². The summed E-state index contributed by atoms with van der Waals surface area (Å²) in [4.78, 5) is 18.0. The lowest BCUT2D eigenvalue weighted by Crippen LogP contribution is -2.02. The van der Waals surface area contributed by atoms with Crippen LogP contribution in [0.25, 0.3) is 12.2 Å². The van der Waals surface area contributed by atoms with Crippen LogP contribution in [-0.2, 0) is 4.79 Å². The van der Waals surface area contributed by atoms with Crippen LogP contribution in [0.15, 0.2) is 36.7 Å². The molecule has 17 heavy (non-hydrogen) atoms. The van der Waals surface area contributed by atoms with Crippen molar-refractivity contribution < 1.29 is 9.53 Å². The smallest absolute Gasteiger partial charge is 0.308 e. The molecule has 0 aliphatic carbocycles. The van der Waals surface area contributed by atoms with Crippen molar-refractivity contribution in [3.63, 3.8) is 0 Å². The quantitative estimate of drug-likeness (QED) is 0.648. The van der Waals surface area contributed by atoms with Gasteiger partial charge in [-0.15, -0.1) is 0 Å². The number of aromatic amines is 1. The van der Waals surface area contributed by atoms with Gasteiger partial charge in [0.15, 0.2) is 0 Å². The molecule has 0 radical (unpaired) electrons. The number of H-pyrrole nitrogens is 1. The van der Waals surface area contributed by atoms with Crippen LogP contribution >= 0.6 is 0 Å². The number of rotatable bonds is 3. The molecule has 2 aromatic rings. The Morgan fingerprint density at radius 1 is 1.35 bits per heavy atom. The lowest BCUT2D eigenvalue weighted by atomic mass is 10.2. The minimum Gasteiger partial charge on any atom is -0.426 e. The fourth-order valence-electron chi connectivity index (χ4n) is 1.40. The zero-order valence-electron chi connectivity index (χ0n) is 9.38. The van der Waals surface area contributed by atoms with E-state index in [1.165, 1.54) is 6.92 Å². The second kappa shape index (κ2) is 5.12. The number of para-hydroxylation sites is 1. The van der Waals surface area contributed by atoms with Crippen molar-refractivity contribution in [2.24, 2.45) is 0 Å². The molecule has 0 saturated heterocycles. The highest BCUT2D eigenvalue weighted by Crippen LogP contribution is 2.20. The van der Waals surface area contributed by atoms with Gasteiger partial charge in [-0.2, -0.15) is 0 Å². The number of aromatic nitrogens is 2. The molecule has 0 spiro atoms. The average molecular weight is 228 g/mol. The third-order valence-corrected chi connectivity index (χ3v) is 2.11. The maximum Gasteiger partial charge on any atom is 0.308 e. The normalized spacial score (nSPS) is 10.6. The van der Waals surface area contributed by atoms with Crippen molar-refractivity contribution in [3.8, 4) is 5.75 Å². The lowest BCUT2D eigenvalue weighted by molar-refractivity contribution is -0.131. The van der Waals surface area contributed by atoms with Crippen LogP contribution < -0.4 is 4.74 Å². The van der Waals surface area contributed by atoms with Crippen LogP contribution in [0.3, 0.4) is 0 Å². The van der Waals surface area contributed by atoms with Crippen molar-refractivity contribution >= 4 is 18.1 Å². The van der Waals surface area contributed by atoms with E-state index in [4.69, 9.17) is 4.74 Å². The van der Waals surface area contributed by atoms with Gasteiger partial charge in [0.05, 0.1) is 0 Å². The highest BCUT2D eigenvalue weighted by molar-refractivity contribution is 5.75. The topological polar surface area (TPSA) is 55.0 Å². The third kappa shape index (κ3) is 3.04. The Kier molecular flexibility index (Phi) is 3.35. The molecular formula is C13H12N2O2. The van der Waals surface area contributed by atoms with Crippen molar-refractivity contribution in [2.75, 3.05) is 0 Å². The van der Waals surface area contributed by atoms with Gasteiger partial charge in [-0.1, -0.05) is 18.2 Å². The molecular weight excluding hydrogens is 216 g/mol. The highest BCUT2D eigenvalue weighted by atomic mass is 16.5. The summed E-state index contributed by atoms with van der Waals surface area (Å²) in [5.41, 5.74) is 0.833. The molecule has 0 amide bonds. The molecule has 0 unspecified atom stereocenters. The number of hydrogen-bond donors (Lipinski definition) is 1. The average Bonchev–Trinajstić information content (AvgIpc) is 2.80. The number of imidazole rings is 1. The lowest BCUT2D eigenvalue weighted by Gasteiger charge is -2.04. The van der Waals surface area contributed by atoms with Crippen molar-refractivity contribution in [3.05, 3.63) is 48.0 Å². The van der Waals surface area contributed by atoms with Gasteiger partial charge >= 0.3 is 5.97 Å². The first-order chi connectivity index (χ1) is 8.25. The van der Waals surface area contributed by atoms with E-state index in [0.717, 1.165) is 11.4 Å². The Bertz CT molecular complexity index is 530. The molecule has 4 heteroatoms. The van der Waals surface area contributed by atoms with Gasteiger partial charge in [0, 0.05) is 24.9 Å². The summed E-state index contributed by atoms with van der Waals surface area (Å²) in [7, 11) is 0. The zero-order valence-corrected chi connectivity index (χ0v) is 9.38. The first-order valence-corrected chi connectivity index (χ1v) is 5.20. The Labute approximate surface area is 99.0 Å². The minimum absolute atomic E-state index is 0.330. The highest BCUT2D eigenvalue weighted by Gasteiger charge is 2.02. The van der Waals surface area contributed by atoms with Crippen LogP contribution in [0, 0.1) is 0 Å². The molecule has 4 nitrogen and oxygen atoms in total. The molecule has 86 valence electrons. The predicted molar refractivity (Wildman–Crippen MR) is 65.3 cm³/mol. The van der Waals surface area contributed by atoms with E-state index in [2.05, 4.69) is 9.97 Å². The maximum atomic E-state index is 10.9. The first-order valence-electron chi connectivity index (χ1n) is 5.20. The molecule has 1 aromatic carbocycles. The van der Waals surface area contributed by atoms with E-state index in [1.807, 2.05) is 30.4 Å². The molecule has 0 atom stereocenters. The summed E-state index contributed by atoms with van der Waals surface area (Å²) < 4.78 is 5.09. The summed E-state index contributed by atoms with van der Waals surface area (Å²) in [5.74, 6) is 0.967.